The first-order valence-corrected chi connectivity index (χ1v) is 5.53. The first kappa shape index (κ1) is 12.0. The van der Waals surface area contributed by atoms with E-state index >= 15 is 0 Å². The van der Waals surface area contributed by atoms with Gasteiger partial charge in [0.2, 0.25) is 5.95 Å². The summed E-state index contributed by atoms with van der Waals surface area (Å²) in [6.45, 7) is 10.1. The van der Waals surface area contributed by atoms with E-state index in [0.717, 1.165) is 12.5 Å². The van der Waals surface area contributed by atoms with Gasteiger partial charge in [-0.25, -0.2) is 4.98 Å². The number of rotatable bonds is 5. The van der Waals surface area contributed by atoms with Gasteiger partial charge in [-0.2, -0.15) is 0 Å². The average molecular weight is 210 g/mol. The molecule has 15 heavy (non-hydrogen) atoms. The van der Waals surface area contributed by atoms with Crippen LogP contribution in [0.1, 0.15) is 27.7 Å². The van der Waals surface area contributed by atoms with Gasteiger partial charge in [-0.3, -0.25) is 0 Å². The molecule has 0 aliphatic carbocycles. The second kappa shape index (κ2) is 4.66. The van der Waals surface area contributed by atoms with Crippen molar-refractivity contribution in [1.29, 1.82) is 0 Å². The third-order valence-electron chi connectivity index (χ3n) is 3.15. The summed E-state index contributed by atoms with van der Waals surface area (Å²) in [5, 5.41) is 3.43. The Hall–Kier alpha value is -1.03. The molecule has 3 N–H and O–H groups in total. The summed E-state index contributed by atoms with van der Waals surface area (Å²) >= 11 is 0. The van der Waals surface area contributed by atoms with Crippen LogP contribution in [-0.4, -0.2) is 21.6 Å². The molecular formula is C11H22N4. The number of nitrogens with zero attached hydrogens (tertiary/aromatic N) is 2. The molecule has 1 heterocycles. The maximum atomic E-state index is 5.82. The Labute approximate surface area is 91.9 Å². The lowest BCUT2D eigenvalue weighted by molar-refractivity contribution is 0.378. The Balaban J connectivity index is 2.83. The topological polar surface area (TPSA) is 55.9 Å². The van der Waals surface area contributed by atoms with E-state index in [-0.39, 0.29) is 5.54 Å². The first-order valence-electron chi connectivity index (χ1n) is 5.53. The molecule has 0 radical (unpaired) electrons. The minimum Gasteiger partial charge on any atom is -0.349 e. The molecule has 0 fully saturated rings. The fourth-order valence-corrected chi connectivity index (χ4v) is 1.37. The molecule has 0 saturated carbocycles. The molecule has 4 heteroatoms. The van der Waals surface area contributed by atoms with E-state index in [9.17, 15) is 0 Å². The molecule has 4 nitrogen and oxygen atoms in total. The van der Waals surface area contributed by atoms with Crippen molar-refractivity contribution in [2.45, 2.75) is 39.8 Å². The summed E-state index contributed by atoms with van der Waals surface area (Å²) in [7, 11) is 0. The van der Waals surface area contributed by atoms with Gasteiger partial charge in [0.15, 0.2) is 0 Å². The number of anilines is 1. The highest BCUT2D eigenvalue weighted by molar-refractivity contribution is 5.31. The van der Waals surface area contributed by atoms with Crippen LogP contribution in [0.4, 0.5) is 5.95 Å². The van der Waals surface area contributed by atoms with E-state index in [1.165, 1.54) is 0 Å². The highest BCUT2D eigenvalue weighted by Crippen LogP contribution is 2.20. The van der Waals surface area contributed by atoms with Crippen LogP contribution >= 0.6 is 0 Å². The average Bonchev–Trinajstić information content (AvgIpc) is 2.64. The lowest BCUT2D eigenvalue weighted by Gasteiger charge is -2.34. The molecule has 0 spiro atoms. The summed E-state index contributed by atoms with van der Waals surface area (Å²) in [6.07, 6.45) is 3.78. The molecule has 0 amide bonds. The van der Waals surface area contributed by atoms with Gasteiger partial charge in [-0.15, -0.1) is 0 Å². The minimum atomic E-state index is -0.0989. The van der Waals surface area contributed by atoms with Crippen molar-refractivity contribution in [3.05, 3.63) is 12.4 Å². The molecule has 1 rings (SSSR count). The van der Waals surface area contributed by atoms with Crippen LogP contribution in [0.5, 0.6) is 0 Å². The van der Waals surface area contributed by atoms with Crippen LogP contribution in [0.25, 0.3) is 0 Å². The fourth-order valence-electron chi connectivity index (χ4n) is 1.37. The van der Waals surface area contributed by atoms with Gasteiger partial charge < -0.3 is 15.6 Å². The number of hydrogen-bond donors (Lipinski definition) is 2. The maximum absolute atomic E-state index is 5.82. The zero-order valence-corrected chi connectivity index (χ0v) is 10.1. The standard InChI is InChI=1S/C11H22N4/c1-5-15-7-6-13-10(15)14-11(4,8-12)9(2)3/h6-7,9H,5,8,12H2,1-4H3,(H,13,14). The third kappa shape index (κ3) is 2.50. The normalized spacial score (nSPS) is 15.3. The van der Waals surface area contributed by atoms with E-state index in [2.05, 4.69) is 42.6 Å². The number of imidazole rings is 1. The number of nitrogens with one attached hydrogen (secondary N) is 1. The Bertz CT molecular complexity index is 305. The van der Waals surface area contributed by atoms with Crippen molar-refractivity contribution in [3.63, 3.8) is 0 Å². The third-order valence-corrected chi connectivity index (χ3v) is 3.15. The molecule has 1 aromatic rings. The van der Waals surface area contributed by atoms with E-state index in [4.69, 9.17) is 5.73 Å². The van der Waals surface area contributed by atoms with Crippen molar-refractivity contribution in [1.82, 2.24) is 9.55 Å². The first-order chi connectivity index (χ1) is 7.03. The number of aromatic nitrogens is 2. The monoisotopic (exact) mass is 210 g/mol. The highest BCUT2D eigenvalue weighted by atomic mass is 15.2. The van der Waals surface area contributed by atoms with Crippen LogP contribution in [-0.2, 0) is 6.54 Å². The van der Waals surface area contributed by atoms with E-state index < -0.39 is 0 Å². The summed E-state index contributed by atoms with van der Waals surface area (Å²) in [4.78, 5) is 4.30. The fraction of sp³-hybridized carbons (Fsp3) is 0.727. The molecule has 0 bridgehead atoms. The largest absolute Gasteiger partial charge is 0.349 e. The zero-order valence-electron chi connectivity index (χ0n) is 10.1. The lowest BCUT2D eigenvalue weighted by Crippen LogP contribution is -2.47. The van der Waals surface area contributed by atoms with Gasteiger partial charge >= 0.3 is 0 Å². The number of nitrogens with two attached hydrogens (primary N) is 1. The van der Waals surface area contributed by atoms with Gasteiger partial charge in [-0.05, 0) is 19.8 Å². The number of aryl methyl sites for hydroxylation is 1. The summed E-state index contributed by atoms with van der Waals surface area (Å²) < 4.78 is 2.08. The minimum absolute atomic E-state index is 0.0989. The van der Waals surface area contributed by atoms with Crippen molar-refractivity contribution in [2.24, 2.45) is 11.7 Å². The van der Waals surface area contributed by atoms with Crippen LogP contribution in [0, 0.1) is 5.92 Å². The Morgan fingerprint density at radius 1 is 1.60 bits per heavy atom. The molecule has 0 aromatic carbocycles. The molecule has 86 valence electrons. The van der Waals surface area contributed by atoms with Gasteiger partial charge in [0, 0.05) is 25.5 Å². The predicted molar refractivity (Wildman–Crippen MR) is 63.8 cm³/mol. The molecule has 0 saturated heterocycles. The van der Waals surface area contributed by atoms with E-state index in [0.29, 0.717) is 12.5 Å². The lowest BCUT2D eigenvalue weighted by atomic mass is 9.89. The second-order valence-electron chi connectivity index (χ2n) is 4.44. The predicted octanol–water partition coefficient (Wildman–Crippen LogP) is 1.69. The van der Waals surface area contributed by atoms with E-state index in [1.807, 2.05) is 12.4 Å². The molecule has 1 atom stereocenters. The van der Waals surface area contributed by atoms with Gasteiger partial charge in [0.05, 0.1) is 5.54 Å². The van der Waals surface area contributed by atoms with Crippen LogP contribution in [0.15, 0.2) is 12.4 Å². The maximum Gasteiger partial charge on any atom is 0.203 e. The molecule has 1 aromatic heterocycles. The summed E-state index contributed by atoms with van der Waals surface area (Å²) in [6, 6.07) is 0. The zero-order chi connectivity index (χ0) is 11.5. The molecule has 1 unspecified atom stereocenters. The Morgan fingerprint density at radius 3 is 2.73 bits per heavy atom. The van der Waals surface area contributed by atoms with Gasteiger partial charge in [0.25, 0.3) is 0 Å². The van der Waals surface area contributed by atoms with E-state index in [1.54, 1.807) is 0 Å². The molecule has 0 aliphatic heterocycles. The van der Waals surface area contributed by atoms with Crippen LogP contribution in [0.2, 0.25) is 0 Å². The van der Waals surface area contributed by atoms with Crippen molar-refractivity contribution < 1.29 is 0 Å². The van der Waals surface area contributed by atoms with Crippen molar-refractivity contribution in [2.75, 3.05) is 11.9 Å². The molecule has 0 aliphatic rings. The van der Waals surface area contributed by atoms with Crippen molar-refractivity contribution in [3.8, 4) is 0 Å². The molecular weight excluding hydrogens is 188 g/mol. The Kier molecular flexibility index (Phi) is 3.74. The second-order valence-corrected chi connectivity index (χ2v) is 4.44. The van der Waals surface area contributed by atoms with Crippen molar-refractivity contribution >= 4 is 5.95 Å². The quantitative estimate of drug-likeness (QED) is 0.777. The Morgan fingerprint density at radius 2 is 2.27 bits per heavy atom. The van der Waals surface area contributed by atoms with Gasteiger partial charge in [0.1, 0.15) is 0 Å². The van der Waals surface area contributed by atoms with Crippen LogP contribution < -0.4 is 11.1 Å². The van der Waals surface area contributed by atoms with Gasteiger partial charge in [-0.1, -0.05) is 13.8 Å². The SMILES string of the molecule is CCn1ccnc1NC(C)(CN)C(C)C. The van der Waals surface area contributed by atoms with Crippen LogP contribution in [0.3, 0.4) is 0 Å². The highest BCUT2D eigenvalue weighted by Gasteiger charge is 2.27. The number of hydrogen-bond acceptors (Lipinski definition) is 3. The smallest absolute Gasteiger partial charge is 0.203 e. The summed E-state index contributed by atoms with van der Waals surface area (Å²) in [5.74, 6) is 1.36. The summed E-state index contributed by atoms with van der Waals surface area (Å²) in [5.41, 5.74) is 5.72.